The van der Waals surface area contributed by atoms with E-state index in [9.17, 15) is 19.2 Å². The summed E-state index contributed by atoms with van der Waals surface area (Å²) in [5.41, 5.74) is 0.885. The molecule has 1 aliphatic rings. The van der Waals surface area contributed by atoms with Crippen molar-refractivity contribution < 1.29 is 28.7 Å². The number of methoxy groups -OCH3 is 1. The van der Waals surface area contributed by atoms with E-state index in [1.54, 1.807) is 49.4 Å². The molecule has 0 unspecified atom stereocenters. The minimum Gasteiger partial charge on any atom is -0.496 e. The molecule has 0 radical (unpaired) electrons. The maximum Gasteiger partial charge on any atom is 0.339 e. The van der Waals surface area contributed by atoms with Crippen LogP contribution in [0.4, 0.5) is 10.5 Å². The standard InChI is InChI=1S/C21H21N3O6/c1-3-30-17-11-7-5-9-15(17)24-20(27)19(26)23(21(24)28)13-18(25)22-12-14-8-4-6-10-16(14)29-2/h4-11H,3,12-13H2,1-2H3,(H,22,25). The normalized spacial score (nSPS) is 13.6. The summed E-state index contributed by atoms with van der Waals surface area (Å²) in [5, 5.41) is 2.62. The average Bonchev–Trinajstić information content (AvgIpc) is 2.96. The van der Waals surface area contributed by atoms with Gasteiger partial charge >= 0.3 is 17.8 Å². The van der Waals surface area contributed by atoms with Crippen LogP contribution in [0.1, 0.15) is 12.5 Å². The van der Waals surface area contributed by atoms with Gasteiger partial charge in [-0.3, -0.25) is 14.4 Å². The van der Waals surface area contributed by atoms with Crippen molar-refractivity contribution in [1.82, 2.24) is 10.2 Å². The highest BCUT2D eigenvalue weighted by atomic mass is 16.5. The molecule has 1 aliphatic heterocycles. The Balaban J connectivity index is 1.71. The Morgan fingerprint density at radius 3 is 2.33 bits per heavy atom. The molecule has 2 aromatic carbocycles. The Kier molecular flexibility index (Phi) is 6.31. The summed E-state index contributed by atoms with van der Waals surface area (Å²) in [5.74, 6) is -1.81. The third-order valence-electron chi connectivity index (χ3n) is 4.43. The lowest BCUT2D eigenvalue weighted by molar-refractivity contribution is -0.140. The summed E-state index contributed by atoms with van der Waals surface area (Å²) in [6, 6.07) is 12.6. The number of para-hydroxylation sites is 3. The molecule has 0 aliphatic carbocycles. The van der Waals surface area contributed by atoms with Gasteiger partial charge in [-0.25, -0.2) is 14.6 Å². The van der Waals surface area contributed by atoms with E-state index in [1.165, 1.54) is 13.2 Å². The van der Waals surface area contributed by atoms with Crippen LogP contribution in [-0.2, 0) is 20.9 Å². The predicted octanol–water partition coefficient (Wildman–Crippen LogP) is 1.71. The van der Waals surface area contributed by atoms with Gasteiger partial charge in [0.2, 0.25) is 5.91 Å². The predicted molar refractivity (Wildman–Crippen MR) is 107 cm³/mol. The Hall–Kier alpha value is -3.88. The van der Waals surface area contributed by atoms with Gasteiger partial charge < -0.3 is 14.8 Å². The molecule has 0 atom stereocenters. The highest BCUT2D eigenvalue weighted by molar-refractivity contribution is 6.53. The number of hydrogen-bond donors (Lipinski definition) is 1. The molecule has 5 amide bonds. The minimum absolute atomic E-state index is 0.143. The zero-order valence-electron chi connectivity index (χ0n) is 16.6. The van der Waals surface area contributed by atoms with E-state index in [4.69, 9.17) is 9.47 Å². The van der Waals surface area contributed by atoms with E-state index < -0.39 is 30.3 Å². The number of ether oxygens (including phenoxy) is 2. The summed E-state index contributed by atoms with van der Waals surface area (Å²) in [6.45, 7) is 1.64. The van der Waals surface area contributed by atoms with Gasteiger partial charge in [0.25, 0.3) is 0 Å². The van der Waals surface area contributed by atoms with E-state index in [0.717, 1.165) is 10.5 Å². The molecule has 0 aromatic heterocycles. The van der Waals surface area contributed by atoms with Crippen molar-refractivity contribution in [3.63, 3.8) is 0 Å². The van der Waals surface area contributed by atoms with Crippen molar-refractivity contribution in [1.29, 1.82) is 0 Å². The molecule has 9 heteroatoms. The van der Waals surface area contributed by atoms with E-state index in [1.807, 2.05) is 0 Å². The molecule has 1 heterocycles. The quantitative estimate of drug-likeness (QED) is 0.524. The van der Waals surface area contributed by atoms with Gasteiger partial charge in [0.05, 0.1) is 19.4 Å². The average molecular weight is 411 g/mol. The van der Waals surface area contributed by atoms with Gasteiger partial charge in [-0.2, -0.15) is 0 Å². The van der Waals surface area contributed by atoms with Crippen LogP contribution in [0.3, 0.4) is 0 Å². The van der Waals surface area contributed by atoms with Gasteiger partial charge in [0.15, 0.2) is 0 Å². The molecule has 1 N–H and O–H groups in total. The molecule has 2 aromatic rings. The number of imide groups is 2. The van der Waals surface area contributed by atoms with Gasteiger partial charge in [0, 0.05) is 12.1 Å². The van der Waals surface area contributed by atoms with Gasteiger partial charge in [0.1, 0.15) is 18.0 Å². The van der Waals surface area contributed by atoms with Crippen LogP contribution in [0, 0.1) is 0 Å². The fraction of sp³-hybridized carbons (Fsp3) is 0.238. The summed E-state index contributed by atoms with van der Waals surface area (Å²) in [7, 11) is 1.52. The summed E-state index contributed by atoms with van der Waals surface area (Å²) in [6.07, 6.45) is 0. The highest BCUT2D eigenvalue weighted by Gasteiger charge is 2.47. The van der Waals surface area contributed by atoms with E-state index in [2.05, 4.69) is 5.32 Å². The molecule has 1 fully saturated rings. The van der Waals surface area contributed by atoms with E-state index >= 15 is 0 Å². The summed E-state index contributed by atoms with van der Waals surface area (Å²) < 4.78 is 10.7. The minimum atomic E-state index is -1.07. The molecule has 0 spiro atoms. The van der Waals surface area contributed by atoms with Crippen LogP contribution in [0.2, 0.25) is 0 Å². The number of hydrogen-bond acceptors (Lipinski definition) is 6. The zero-order valence-corrected chi connectivity index (χ0v) is 16.6. The van der Waals surface area contributed by atoms with E-state index in [0.29, 0.717) is 17.3 Å². The van der Waals surface area contributed by atoms with Gasteiger partial charge in [-0.1, -0.05) is 30.3 Å². The number of nitrogens with zero attached hydrogens (tertiary/aromatic N) is 2. The van der Waals surface area contributed by atoms with Crippen molar-refractivity contribution >= 4 is 29.4 Å². The number of amides is 5. The Labute approximate surface area is 173 Å². The van der Waals surface area contributed by atoms with Crippen LogP contribution in [0.5, 0.6) is 11.5 Å². The molecular weight excluding hydrogens is 390 g/mol. The van der Waals surface area contributed by atoms with Crippen molar-refractivity contribution in [3.8, 4) is 11.5 Å². The third-order valence-corrected chi connectivity index (χ3v) is 4.43. The second-order valence-corrected chi connectivity index (χ2v) is 6.30. The fourth-order valence-corrected chi connectivity index (χ4v) is 3.02. The van der Waals surface area contributed by atoms with Gasteiger partial charge in [-0.05, 0) is 25.1 Å². The first-order valence-corrected chi connectivity index (χ1v) is 9.28. The first kappa shape index (κ1) is 20.8. The first-order valence-electron chi connectivity index (χ1n) is 9.28. The Bertz CT molecular complexity index is 990. The van der Waals surface area contributed by atoms with Crippen molar-refractivity contribution in [2.75, 3.05) is 25.2 Å². The monoisotopic (exact) mass is 411 g/mol. The second-order valence-electron chi connectivity index (χ2n) is 6.30. The van der Waals surface area contributed by atoms with Crippen molar-refractivity contribution in [2.45, 2.75) is 13.5 Å². The molecular formula is C21H21N3O6. The largest absolute Gasteiger partial charge is 0.496 e. The summed E-state index contributed by atoms with van der Waals surface area (Å²) in [4.78, 5) is 51.2. The fourth-order valence-electron chi connectivity index (χ4n) is 3.02. The number of carbonyl (C=O) groups excluding carboxylic acids is 4. The Morgan fingerprint density at radius 1 is 0.967 bits per heavy atom. The lowest BCUT2D eigenvalue weighted by Crippen LogP contribution is -2.41. The first-order chi connectivity index (χ1) is 14.5. The maximum atomic E-state index is 12.7. The lowest BCUT2D eigenvalue weighted by Gasteiger charge is -2.18. The van der Waals surface area contributed by atoms with Crippen LogP contribution in [-0.4, -0.2) is 48.9 Å². The molecule has 0 saturated carbocycles. The maximum absolute atomic E-state index is 12.7. The smallest absolute Gasteiger partial charge is 0.339 e. The van der Waals surface area contributed by atoms with Crippen molar-refractivity contribution in [2.24, 2.45) is 0 Å². The van der Waals surface area contributed by atoms with Crippen LogP contribution in [0.15, 0.2) is 48.5 Å². The summed E-state index contributed by atoms with van der Waals surface area (Å²) >= 11 is 0. The molecule has 1 saturated heterocycles. The highest BCUT2D eigenvalue weighted by Crippen LogP contribution is 2.31. The van der Waals surface area contributed by atoms with Crippen molar-refractivity contribution in [3.05, 3.63) is 54.1 Å². The number of urea groups is 1. The van der Waals surface area contributed by atoms with Crippen LogP contribution in [0.25, 0.3) is 0 Å². The molecule has 9 nitrogen and oxygen atoms in total. The van der Waals surface area contributed by atoms with Crippen LogP contribution >= 0.6 is 0 Å². The Morgan fingerprint density at radius 2 is 1.63 bits per heavy atom. The van der Waals surface area contributed by atoms with Crippen LogP contribution < -0.4 is 19.7 Å². The molecule has 156 valence electrons. The number of carbonyl (C=O) groups is 4. The lowest BCUT2D eigenvalue weighted by atomic mass is 10.2. The SMILES string of the molecule is CCOc1ccccc1N1C(=O)C(=O)N(CC(=O)NCc2ccccc2OC)C1=O. The number of anilines is 1. The molecule has 0 bridgehead atoms. The zero-order chi connectivity index (χ0) is 21.7. The number of nitrogens with one attached hydrogen (secondary N) is 1. The number of benzene rings is 2. The number of rotatable bonds is 8. The molecule has 30 heavy (non-hydrogen) atoms. The van der Waals surface area contributed by atoms with E-state index in [-0.39, 0.29) is 18.0 Å². The molecule has 3 rings (SSSR count). The third kappa shape index (κ3) is 4.09. The second kappa shape index (κ2) is 9.08. The van der Waals surface area contributed by atoms with Gasteiger partial charge in [-0.15, -0.1) is 0 Å². The topological polar surface area (TPSA) is 105 Å².